The summed E-state index contributed by atoms with van der Waals surface area (Å²) in [6.07, 6.45) is 2.60. The van der Waals surface area contributed by atoms with Crippen molar-refractivity contribution in [3.05, 3.63) is 0 Å². The number of rotatable bonds is 9. The smallest absolute Gasteiger partial charge is 0.00177 e. The second-order valence-electron chi connectivity index (χ2n) is 5.84. The molecule has 0 aromatic carbocycles. The van der Waals surface area contributed by atoms with Crippen molar-refractivity contribution in [3.8, 4) is 0 Å². The molecule has 1 atom stereocenters. The molecule has 0 N–H and O–H groups in total. The Kier molecular flexibility index (Phi) is 9.53. The Balaban J connectivity index is 4.15. The van der Waals surface area contributed by atoms with E-state index in [0.29, 0.717) is 0 Å². The zero-order chi connectivity index (χ0) is 12.6. The van der Waals surface area contributed by atoms with Crippen LogP contribution >= 0.6 is 12.6 Å². The molecule has 0 amide bonds. The molecule has 0 aromatic rings. The monoisotopic (exact) mass is 245 g/mol. The molecule has 0 rings (SSSR count). The van der Waals surface area contributed by atoms with E-state index in [-0.39, 0.29) is 0 Å². The van der Waals surface area contributed by atoms with Crippen LogP contribution in [-0.2, 0) is 0 Å². The van der Waals surface area contributed by atoms with Gasteiger partial charge in [-0.2, -0.15) is 12.6 Å². The predicted molar refractivity (Wildman–Crippen MR) is 78.4 cm³/mol. The average Bonchev–Trinajstić information content (AvgIpc) is 2.14. The van der Waals surface area contributed by atoms with Gasteiger partial charge in [-0.05, 0) is 29.9 Å². The van der Waals surface area contributed by atoms with Gasteiger partial charge in [-0.25, -0.2) is 0 Å². The lowest BCUT2D eigenvalue weighted by molar-refractivity contribution is 0.190. The number of hydrogen-bond donors (Lipinski definition) is 1. The maximum atomic E-state index is 4.48. The maximum absolute atomic E-state index is 4.48. The van der Waals surface area contributed by atoms with E-state index < -0.39 is 0 Å². The summed E-state index contributed by atoms with van der Waals surface area (Å²) in [7, 11) is 0. The highest BCUT2D eigenvalue weighted by molar-refractivity contribution is 7.80. The second kappa shape index (κ2) is 9.35. The van der Waals surface area contributed by atoms with E-state index in [2.05, 4.69) is 52.1 Å². The first-order valence-electron chi connectivity index (χ1n) is 6.82. The van der Waals surface area contributed by atoms with Crippen molar-refractivity contribution in [2.24, 2.45) is 17.8 Å². The van der Waals surface area contributed by atoms with Gasteiger partial charge in [0.1, 0.15) is 0 Å². The van der Waals surface area contributed by atoms with Crippen LogP contribution in [0.2, 0.25) is 0 Å². The first-order valence-corrected chi connectivity index (χ1v) is 7.46. The standard InChI is InChI=1S/C14H31NS/c1-6-7-14(11-16)10-15(8-12(2)3)9-13(4)5/h12-14,16H,6-11H2,1-5H3. The fourth-order valence-electron chi connectivity index (χ4n) is 2.27. The second-order valence-corrected chi connectivity index (χ2v) is 6.21. The molecule has 16 heavy (non-hydrogen) atoms. The van der Waals surface area contributed by atoms with Gasteiger partial charge in [-0.15, -0.1) is 0 Å². The molecule has 0 saturated carbocycles. The van der Waals surface area contributed by atoms with E-state index in [4.69, 9.17) is 0 Å². The molecule has 0 saturated heterocycles. The molecule has 0 aliphatic rings. The fourth-order valence-corrected chi connectivity index (χ4v) is 2.57. The third kappa shape index (κ3) is 8.46. The Bertz CT molecular complexity index is 147. The third-order valence-electron chi connectivity index (χ3n) is 2.72. The van der Waals surface area contributed by atoms with Crippen LogP contribution in [0.25, 0.3) is 0 Å². The van der Waals surface area contributed by atoms with E-state index in [1.54, 1.807) is 0 Å². The van der Waals surface area contributed by atoms with Crippen LogP contribution in [0.5, 0.6) is 0 Å². The minimum absolute atomic E-state index is 0.765. The van der Waals surface area contributed by atoms with Crippen LogP contribution in [0.3, 0.4) is 0 Å². The van der Waals surface area contributed by atoms with Crippen LogP contribution in [0.4, 0.5) is 0 Å². The lowest BCUT2D eigenvalue weighted by Crippen LogP contribution is -2.36. The summed E-state index contributed by atoms with van der Waals surface area (Å²) >= 11 is 4.48. The Hall–Kier alpha value is 0.310. The summed E-state index contributed by atoms with van der Waals surface area (Å²) in [6.45, 7) is 15.2. The van der Waals surface area contributed by atoms with Gasteiger partial charge in [0.2, 0.25) is 0 Å². The molecule has 0 heterocycles. The normalized spacial score (nSPS) is 14.1. The average molecular weight is 245 g/mol. The third-order valence-corrected chi connectivity index (χ3v) is 3.23. The molecule has 1 nitrogen and oxygen atoms in total. The summed E-state index contributed by atoms with van der Waals surface area (Å²) in [5, 5.41) is 0. The maximum Gasteiger partial charge on any atom is 0.00177 e. The van der Waals surface area contributed by atoms with Gasteiger partial charge < -0.3 is 4.90 Å². The van der Waals surface area contributed by atoms with Gasteiger partial charge in [-0.3, -0.25) is 0 Å². The van der Waals surface area contributed by atoms with Gasteiger partial charge in [0.25, 0.3) is 0 Å². The van der Waals surface area contributed by atoms with Crippen molar-refractivity contribution in [1.82, 2.24) is 4.90 Å². The van der Waals surface area contributed by atoms with Crippen LogP contribution in [0.15, 0.2) is 0 Å². The molecule has 0 fully saturated rings. The largest absolute Gasteiger partial charge is 0.303 e. The van der Waals surface area contributed by atoms with Gasteiger partial charge >= 0.3 is 0 Å². The topological polar surface area (TPSA) is 3.24 Å². The number of hydrogen-bond acceptors (Lipinski definition) is 2. The lowest BCUT2D eigenvalue weighted by Gasteiger charge is -2.29. The quantitative estimate of drug-likeness (QED) is 0.602. The predicted octanol–water partition coefficient (Wildman–Crippen LogP) is 3.95. The zero-order valence-corrected chi connectivity index (χ0v) is 12.8. The van der Waals surface area contributed by atoms with E-state index in [1.165, 1.54) is 32.5 Å². The van der Waals surface area contributed by atoms with Crippen LogP contribution in [0, 0.1) is 17.8 Å². The number of thiol groups is 1. The van der Waals surface area contributed by atoms with Crippen LogP contribution in [0.1, 0.15) is 47.5 Å². The van der Waals surface area contributed by atoms with Crippen molar-refractivity contribution >= 4 is 12.6 Å². The Labute approximate surface area is 108 Å². The molecule has 0 aliphatic heterocycles. The molecule has 2 heteroatoms. The van der Waals surface area contributed by atoms with Gasteiger partial charge in [-0.1, -0.05) is 41.0 Å². The van der Waals surface area contributed by atoms with Crippen molar-refractivity contribution in [2.45, 2.75) is 47.5 Å². The summed E-state index contributed by atoms with van der Waals surface area (Å²) in [4.78, 5) is 2.63. The minimum atomic E-state index is 0.765. The molecule has 0 aliphatic carbocycles. The van der Waals surface area contributed by atoms with E-state index in [0.717, 1.165) is 23.5 Å². The van der Waals surface area contributed by atoms with Crippen molar-refractivity contribution in [3.63, 3.8) is 0 Å². The van der Waals surface area contributed by atoms with Crippen molar-refractivity contribution in [1.29, 1.82) is 0 Å². The molecule has 1 unspecified atom stereocenters. The first-order chi connectivity index (χ1) is 7.49. The highest BCUT2D eigenvalue weighted by Gasteiger charge is 2.14. The van der Waals surface area contributed by atoms with Crippen molar-refractivity contribution < 1.29 is 0 Å². The van der Waals surface area contributed by atoms with Crippen LogP contribution < -0.4 is 0 Å². The molecule has 0 aromatic heterocycles. The minimum Gasteiger partial charge on any atom is -0.303 e. The van der Waals surface area contributed by atoms with Gasteiger partial charge in [0.15, 0.2) is 0 Å². The van der Waals surface area contributed by atoms with E-state index in [1.807, 2.05) is 0 Å². The summed E-state index contributed by atoms with van der Waals surface area (Å²) in [6, 6.07) is 0. The molecule has 98 valence electrons. The van der Waals surface area contributed by atoms with Gasteiger partial charge in [0, 0.05) is 19.6 Å². The number of nitrogens with zero attached hydrogens (tertiary/aromatic N) is 1. The molecule has 0 radical (unpaired) electrons. The zero-order valence-electron chi connectivity index (χ0n) is 11.9. The van der Waals surface area contributed by atoms with E-state index in [9.17, 15) is 0 Å². The molecular formula is C14H31NS. The van der Waals surface area contributed by atoms with Crippen molar-refractivity contribution in [2.75, 3.05) is 25.4 Å². The molecular weight excluding hydrogens is 214 g/mol. The Morgan fingerprint density at radius 2 is 1.44 bits per heavy atom. The summed E-state index contributed by atoms with van der Waals surface area (Å²) < 4.78 is 0. The van der Waals surface area contributed by atoms with E-state index >= 15 is 0 Å². The van der Waals surface area contributed by atoms with Crippen LogP contribution in [-0.4, -0.2) is 30.3 Å². The first kappa shape index (κ1) is 16.3. The Morgan fingerprint density at radius 3 is 1.75 bits per heavy atom. The fraction of sp³-hybridized carbons (Fsp3) is 1.00. The summed E-state index contributed by atoms with van der Waals surface area (Å²) in [5.41, 5.74) is 0. The Morgan fingerprint density at radius 1 is 0.938 bits per heavy atom. The molecule has 0 spiro atoms. The van der Waals surface area contributed by atoms with Gasteiger partial charge in [0.05, 0.1) is 0 Å². The SMILES string of the molecule is CCCC(CS)CN(CC(C)C)CC(C)C. The lowest BCUT2D eigenvalue weighted by atomic mass is 10.0. The highest BCUT2D eigenvalue weighted by Crippen LogP contribution is 2.13. The summed E-state index contributed by atoms with van der Waals surface area (Å²) in [5.74, 6) is 3.33. The molecule has 0 bridgehead atoms. The highest BCUT2D eigenvalue weighted by atomic mass is 32.1.